The van der Waals surface area contributed by atoms with Gasteiger partial charge in [-0.1, -0.05) is 12.8 Å². The molecule has 1 heterocycles. The van der Waals surface area contributed by atoms with Crippen LogP contribution in [-0.2, 0) is 11.3 Å². The van der Waals surface area contributed by atoms with Crippen molar-refractivity contribution in [2.24, 2.45) is 0 Å². The van der Waals surface area contributed by atoms with Crippen molar-refractivity contribution in [2.75, 3.05) is 27.2 Å². The van der Waals surface area contributed by atoms with Crippen molar-refractivity contribution >= 4 is 5.97 Å². The number of likely N-dealkylation sites (N-methyl/N-ethyl adjacent to an activating group) is 1. The quantitative estimate of drug-likeness (QED) is 0.612. The van der Waals surface area contributed by atoms with Crippen molar-refractivity contribution < 1.29 is 13.9 Å². The highest BCUT2D eigenvalue weighted by Gasteiger charge is 2.18. The van der Waals surface area contributed by atoms with Crippen LogP contribution < -0.4 is 5.32 Å². The fourth-order valence-electron chi connectivity index (χ4n) is 2.68. The Kier molecular flexibility index (Phi) is 5.61. The minimum atomic E-state index is -0.433. The van der Waals surface area contributed by atoms with Gasteiger partial charge in [-0.25, -0.2) is 4.79 Å². The topological polar surface area (TPSA) is 54.7 Å². The van der Waals surface area contributed by atoms with Crippen LogP contribution in [0, 0.1) is 0 Å². The summed E-state index contributed by atoms with van der Waals surface area (Å²) in [5.41, 5.74) is 0. The molecule has 2 rings (SSSR count). The molecule has 0 radical (unpaired) electrons. The molecule has 1 N–H and O–H groups in total. The standard InChI is InChI=1S/C15H24N2O3/c1-17(12-5-3-4-6-12)10-9-16-11-13-7-8-14(20-13)15(18)19-2/h7-8,12,16H,3-6,9-11H2,1-2H3. The highest BCUT2D eigenvalue weighted by molar-refractivity contribution is 5.86. The minimum Gasteiger partial charge on any atom is -0.463 e. The van der Waals surface area contributed by atoms with E-state index in [1.54, 1.807) is 12.1 Å². The number of esters is 1. The lowest BCUT2D eigenvalue weighted by Crippen LogP contribution is -2.35. The van der Waals surface area contributed by atoms with Gasteiger partial charge in [-0.3, -0.25) is 0 Å². The van der Waals surface area contributed by atoms with Gasteiger partial charge in [0.05, 0.1) is 13.7 Å². The molecule has 1 fully saturated rings. The summed E-state index contributed by atoms with van der Waals surface area (Å²) in [4.78, 5) is 13.7. The third kappa shape index (κ3) is 4.08. The summed E-state index contributed by atoms with van der Waals surface area (Å²) in [6, 6.07) is 4.21. The van der Waals surface area contributed by atoms with Crippen LogP contribution in [0.15, 0.2) is 16.5 Å². The van der Waals surface area contributed by atoms with Gasteiger partial charge in [0.2, 0.25) is 5.76 Å². The summed E-state index contributed by atoms with van der Waals surface area (Å²) < 4.78 is 10.00. The van der Waals surface area contributed by atoms with E-state index in [1.807, 2.05) is 0 Å². The van der Waals surface area contributed by atoms with Gasteiger partial charge in [-0.2, -0.15) is 0 Å². The average Bonchev–Trinajstić information content (AvgIpc) is 3.13. The lowest BCUT2D eigenvalue weighted by atomic mass is 10.2. The van der Waals surface area contributed by atoms with Crippen LogP contribution in [0.2, 0.25) is 0 Å². The predicted octanol–water partition coefficient (Wildman–Crippen LogP) is 2.03. The number of nitrogens with one attached hydrogen (secondary N) is 1. The van der Waals surface area contributed by atoms with E-state index < -0.39 is 5.97 Å². The molecule has 0 aromatic carbocycles. The van der Waals surface area contributed by atoms with E-state index in [2.05, 4.69) is 22.0 Å². The number of hydrogen-bond acceptors (Lipinski definition) is 5. The number of ether oxygens (including phenoxy) is 1. The molecule has 0 amide bonds. The number of carbonyl (C=O) groups excluding carboxylic acids is 1. The Balaban J connectivity index is 1.65. The first kappa shape index (κ1) is 15.1. The Morgan fingerprint density at radius 2 is 2.20 bits per heavy atom. The van der Waals surface area contributed by atoms with E-state index in [-0.39, 0.29) is 5.76 Å². The van der Waals surface area contributed by atoms with Crippen molar-refractivity contribution in [1.29, 1.82) is 0 Å². The number of hydrogen-bond donors (Lipinski definition) is 1. The zero-order valence-electron chi connectivity index (χ0n) is 12.4. The maximum Gasteiger partial charge on any atom is 0.373 e. The van der Waals surface area contributed by atoms with Gasteiger partial charge in [0.15, 0.2) is 0 Å². The monoisotopic (exact) mass is 280 g/mol. The second-order valence-electron chi connectivity index (χ2n) is 5.35. The van der Waals surface area contributed by atoms with Gasteiger partial charge in [-0.15, -0.1) is 0 Å². The van der Waals surface area contributed by atoms with Gasteiger partial charge in [-0.05, 0) is 32.0 Å². The van der Waals surface area contributed by atoms with Gasteiger partial charge in [0, 0.05) is 19.1 Å². The Morgan fingerprint density at radius 3 is 2.90 bits per heavy atom. The molecular formula is C15H24N2O3. The molecule has 5 heteroatoms. The first-order chi connectivity index (χ1) is 9.70. The molecule has 0 saturated heterocycles. The van der Waals surface area contributed by atoms with E-state index in [4.69, 9.17) is 4.42 Å². The van der Waals surface area contributed by atoms with Crippen LogP contribution in [-0.4, -0.2) is 44.2 Å². The summed E-state index contributed by atoms with van der Waals surface area (Å²) in [7, 11) is 3.54. The number of rotatable bonds is 7. The average molecular weight is 280 g/mol. The summed E-state index contributed by atoms with van der Waals surface area (Å²) >= 11 is 0. The molecule has 20 heavy (non-hydrogen) atoms. The Labute approximate surface area is 120 Å². The highest BCUT2D eigenvalue weighted by atomic mass is 16.5. The lowest BCUT2D eigenvalue weighted by molar-refractivity contribution is 0.0563. The predicted molar refractivity (Wildman–Crippen MR) is 76.6 cm³/mol. The minimum absolute atomic E-state index is 0.257. The van der Waals surface area contributed by atoms with Gasteiger partial charge in [0.1, 0.15) is 5.76 Å². The van der Waals surface area contributed by atoms with Gasteiger partial charge in [0.25, 0.3) is 0 Å². The fraction of sp³-hybridized carbons (Fsp3) is 0.667. The van der Waals surface area contributed by atoms with E-state index in [0.717, 1.165) is 24.9 Å². The molecule has 1 aromatic rings. The van der Waals surface area contributed by atoms with Crippen molar-refractivity contribution in [3.05, 3.63) is 23.7 Å². The Hall–Kier alpha value is -1.33. The Bertz CT molecular complexity index is 425. The maximum absolute atomic E-state index is 11.2. The van der Waals surface area contributed by atoms with Crippen molar-refractivity contribution in [3.63, 3.8) is 0 Å². The van der Waals surface area contributed by atoms with Crippen LogP contribution >= 0.6 is 0 Å². The van der Waals surface area contributed by atoms with Crippen molar-refractivity contribution in [1.82, 2.24) is 10.2 Å². The lowest BCUT2D eigenvalue weighted by Gasteiger charge is -2.23. The summed E-state index contributed by atoms with van der Waals surface area (Å²) in [5, 5.41) is 3.34. The van der Waals surface area contributed by atoms with E-state index in [1.165, 1.54) is 32.8 Å². The zero-order chi connectivity index (χ0) is 14.4. The molecule has 0 bridgehead atoms. The smallest absolute Gasteiger partial charge is 0.373 e. The first-order valence-corrected chi connectivity index (χ1v) is 7.28. The third-order valence-corrected chi connectivity index (χ3v) is 3.94. The van der Waals surface area contributed by atoms with Crippen LogP contribution in [0.1, 0.15) is 42.0 Å². The number of carbonyl (C=O) groups is 1. The molecule has 1 aromatic heterocycles. The number of methoxy groups -OCH3 is 1. The second-order valence-corrected chi connectivity index (χ2v) is 5.35. The number of furan rings is 1. The molecule has 5 nitrogen and oxygen atoms in total. The third-order valence-electron chi connectivity index (χ3n) is 3.94. The summed E-state index contributed by atoms with van der Waals surface area (Å²) in [6.45, 7) is 2.59. The summed E-state index contributed by atoms with van der Waals surface area (Å²) in [6.07, 6.45) is 5.39. The second kappa shape index (κ2) is 7.45. The molecule has 0 spiro atoms. The Morgan fingerprint density at radius 1 is 1.45 bits per heavy atom. The van der Waals surface area contributed by atoms with E-state index in [0.29, 0.717) is 6.54 Å². The van der Waals surface area contributed by atoms with Gasteiger partial charge >= 0.3 is 5.97 Å². The maximum atomic E-state index is 11.2. The molecule has 1 saturated carbocycles. The largest absolute Gasteiger partial charge is 0.463 e. The van der Waals surface area contributed by atoms with Crippen LogP contribution in [0.5, 0.6) is 0 Å². The molecule has 0 aliphatic heterocycles. The normalized spacial score (nSPS) is 15.9. The molecule has 1 aliphatic rings. The van der Waals surface area contributed by atoms with E-state index >= 15 is 0 Å². The van der Waals surface area contributed by atoms with Gasteiger partial charge < -0.3 is 19.4 Å². The van der Waals surface area contributed by atoms with Crippen LogP contribution in [0.4, 0.5) is 0 Å². The van der Waals surface area contributed by atoms with Crippen molar-refractivity contribution in [2.45, 2.75) is 38.3 Å². The zero-order valence-corrected chi connectivity index (χ0v) is 12.4. The molecular weight excluding hydrogens is 256 g/mol. The molecule has 1 aliphatic carbocycles. The SMILES string of the molecule is COC(=O)c1ccc(CNCCN(C)C2CCCC2)o1. The van der Waals surface area contributed by atoms with Crippen molar-refractivity contribution in [3.8, 4) is 0 Å². The number of nitrogens with zero attached hydrogens (tertiary/aromatic N) is 1. The summed E-state index contributed by atoms with van der Waals surface area (Å²) in [5.74, 6) is 0.582. The first-order valence-electron chi connectivity index (χ1n) is 7.28. The molecule has 0 atom stereocenters. The van der Waals surface area contributed by atoms with Crippen LogP contribution in [0.25, 0.3) is 0 Å². The fourth-order valence-corrected chi connectivity index (χ4v) is 2.68. The highest BCUT2D eigenvalue weighted by Crippen LogP contribution is 2.21. The van der Waals surface area contributed by atoms with E-state index in [9.17, 15) is 4.79 Å². The van der Waals surface area contributed by atoms with Crippen LogP contribution in [0.3, 0.4) is 0 Å². The molecule has 0 unspecified atom stereocenters. The molecule has 112 valence electrons.